The molecular weight excluding hydrogens is 226 g/mol. The molecule has 1 aromatic rings. The SMILES string of the molecule is CC(C)CCCC(C)NC(=O)c1ccc(N)nc1. The van der Waals surface area contributed by atoms with Crippen LogP contribution in [0.3, 0.4) is 0 Å². The smallest absolute Gasteiger partial charge is 0.253 e. The summed E-state index contributed by atoms with van der Waals surface area (Å²) in [5.41, 5.74) is 6.03. The molecule has 1 amide bonds. The molecule has 3 N–H and O–H groups in total. The van der Waals surface area contributed by atoms with Gasteiger partial charge in [0, 0.05) is 12.2 Å². The van der Waals surface area contributed by atoms with E-state index in [-0.39, 0.29) is 11.9 Å². The summed E-state index contributed by atoms with van der Waals surface area (Å²) in [5.74, 6) is 1.06. The number of rotatable bonds is 6. The molecule has 18 heavy (non-hydrogen) atoms. The van der Waals surface area contributed by atoms with Crippen LogP contribution in [0.5, 0.6) is 0 Å². The minimum atomic E-state index is -0.0838. The van der Waals surface area contributed by atoms with Gasteiger partial charge in [0.2, 0.25) is 0 Å². The Morgan fingerprint density at radius 1 is 1.33 bits per heavy atom. The summed E-state index contributed by atoms with van der Waals surface area (Å²) < 4.78 is 0. The highest BCUT2D eigenvalue weighted by Gasteiger charge is 2.10. The number of nitrogens with zero attached hydrogens (tertiary/aromatic N) is 1. The molecule has 1 rings (SSSR count). The zero-order chi connectivity index (χ0) is 13.5. The topological polar surface area (TPSA) is 68.0 Å². The number of carbonyl (C=O) groups is 1. The maximum Gasteiger partial charge on any atom is 0.253 e. The van der Waals surface area contributed by atoms with Gasteiger partial charge in [-0.2, -0.15) is 0 Å². The second-order valence-electron chi connectivity index (χ2n) is 5.17. The van der Waals surface area contributed by atoms with Crippen molar-refractivity contribution in [2.24, 2.45) is 5.92 Å². The third-order valence-corrected chi connectivity index (χ3v) is 2.84. The first-order chi connectivity index (χ1) is 8.49. The van der Waals surface area contributed by atoms with Gasteiger partial charge in [0.25, 0.3) is 5.91 Å². The fraction of sp³-hybridized carbons (Fsp3) is 0.571. The molecule has 0 spiro atoms. The second kappa shape index (κ2) is 6.99. The van der Waals surface area contributed by atoms with Gasteiger partial charge in [0.05, 0.1) is 5.56 Å². The minimum absolute atomic E-state index is 0.0838. The lowest BCUT2D eigenvalue weighted by Gasteiger charge is -2.14. The highest BCUT2D eigenvalue weighted by atomic mass is 16.1. The fourth-order valence-electron chi connectivity index (χ4n) is 1.75. The molecular formula is C14H23N3O. The Morgan fingerprint density at radius 3 is 2.61 bits per heavy atom. The number of aromatic nitrogens is 1. The Labute approximate surface area is 109 Å². The lowest BCUT2D eigenvalue weighted by Crippen LogP contribution is -2.32. The molecule has 4 nitrogen and oxygen atoms in total. The molecule has 0 saturated heterocycles. The van der Waals surface area contributed by atoms with E-state index in [1.807, 2.05) is 6.92 Å². The van der Waals surface area contributed by atoms with E-state index in [9.17, 15) is 4.79 Å². The third-order valence-electron chi connectivity index (χ3n) is 2.84. The van der Waals surface area contributed by atoms with E-state index in [2.05, 4.69) is 24.1 Å². The molecule has 0 radical (unpaired) electrons. The predicted octanol–water partition coefficient (Wildman–Crippen LogP) is 2.61. The van der Waals surface area contributed by atoms with Crippen molar-refractivity contribution in [2.45, 2.75) is 46.1 Å². The van der Waals surface area contributed by atoms with Crippen LogP contribution in [0.2, 0.25) is 0 Å². The van der Waals surface area contributed by atoms with Gasteiger partial charge in [-0.15, -0.1) is 0 Å². The third kappa shape index (κ3) is 5.17. The summed E-state index contributed by atoms with van der Waals surface area (Å²) in [6, 6.07) is 3.52. The number of nitrogen functional groups attached to an aromatic ring is 1. The Bertz CT molecular complexity index is 373. The van der Waals surface area contributed by atoms with E-state index in [0.29, 0.717) is 17.3 Å². The Hall–Kier alpha value is -1.58. The summed E-state index contributed by atoms with van der Waals surface area (Å²) in [6.07, 6.45) is 4.85. The molecule has 0 aliphatic carbocycles. The summed E-state index contributed by atoms with van der Waals surface area (Å²) in [5, 5.41) is 2.97. The molecule has 1 heterocycles. The maximum atomic E-state index is 11.9. The van der Waals surface area contributed by atoms with E-state index >= 15 is 0 Å². The number of nitrogens with one attached hydrogen (secondary N) is 1. The highest BCUT2D eigenvalue weighted by molar-refractivity contribution is 5.94. The van der Waals surface area contributed by atoms with E-state index in [4.69, 9.17) is 5.73 Å². The van der Waals surface area contributed by atoms with Gasteiger partial charge in [-0.1, -0.05) is 26.7 Å². The molecule has 0 saturated carbocycles. The molecule has 4 heteroatoms. The lowest BCUT2D eigenvalue weighted by atomic mass is 10.0. The quantitative estimate of drug-likeness (QED) is 0.814. The predicted molar refractivity (Wildman–Crippen MR) is 74.3 cm³/mol. The molecule has 0 aromatic carbocycles. The van der Waals surface area contributed by atoms with Crippen molar-refractivity contribution in [2.75, 3.05) is 5.73 Å². The zero-order valence-corrected chi connectivity index (χ0v) is 11.4. The van der Waals surface area contributed by atoms with Crippen LogP contribution in [0.15, 0.2) is 18.3 Å². The number of amides is 1. The summed E-state index contributed by atoms with van der Waals surface area (Å²) in [7, 11) is 0. The van der Waals surface area contributed by atoms with E-state index < -0.39 is 0 Å². The zero-order valence-electron chi connectivity index (χ0n) is 11.4. The van der Waals surface area contributed by atoms with Gasteiger partial charge in [0.15, 0.2) is 0 Å². The molecule has 100 valence electrons. The summed E-state index contributed by atoms with van der Waals surface area (Å²) >= 11 is 0. The number of carbonyl (C=O) groups excluding carboxylic acids is 1. The Kier molecular flexibility index (Phi) is 5.62. The molecule has 0 bridgehead atoms. The number of anilines is 1. The average molecular weight is 249 g/mol. The van der Waals surface area contributed by atoms with Gasteiger partial charge in [-0.25, -0.2) is 4.98 Å². The van der Waals surface area contributed by atoms with Crippen LogP contribution in [0.1, 0.15) is 50.4 Å². The molecule has 0 fully saturated rings. The molecule has 1 atom stereocenters. The molecule has 0 aliphatic rings. The monoisotopic (exact) mass is 249 g/mol. The molecule has 1 unspecified atom stereocenters. The van der Waals surface area contributed by atoms with Crippen molar-refractivity contribution in [1.82, 2.24) is 10.3 Å². The van der Waals surface area contributed by atoms with Crippen LogP contribution >= 0.6 is 0 Å². The van der Waals surface area contributed by atoms with E-state index in [1.54, 1.807) is 12.1 Å². The number of nitrogens with two attached hydrogens (primary N) is 1. The maximum absolute atomic E-state index is 11.9. The van der Waals surface area contributed by atoms with E-state index in [0.717, 1.165) is 12.8 Å². The van der Waals surface area contributed by atoms with Gasteiger partial charge in [0.1, 0.15) is 5.82 Å². The normalized spacial score (nSPS) is 12.4. The average Bonchev–Trinajstić information content (AvgIpc) is 2.29. The van der Waals surface area contributed by atoms with Gasteiger partial charge in [-0.3, -0.25) is 4.79 Å². The summed E-state index contributed by atoms with van der Waals surface area (Å²) in [6.45, 7) is 6.45. The van der Waals surface area contributed by atoms with Crippen LogP contribution in [-0.4, -0.2) is 16.9 Å². The highest BCUT2D eigenvalue weighted by Crippen LogP contribution is 2.09. The fourth-order valence-corrected chi connectivity index (χ4v) is 1.75. The van der Waals surface area contributed by atoms with Crippen LogP contribution in [0.25, 0.3) is 0 Å². The van der Waals surface area contributed by atoms with Gasteiger partial charge < -0.3 is 11.1 Å². The number of hydrogen-bond acceptors (Lipinski definition) is 3. The van der Waals surface area contributed by atoms with Crippen LogP contribution in [0.4, 0.5) is 5.82 Å². The molecule has 1 aromatic heterocycles. The van der Waals surface area contributed by atoms with Crippen molar-refractivity contribution < 1.29 is 4.79 Å². The van der Waals surface area contributed by atoms with Gasteiger partial charge in [-0.05, 0) is 31.4 Å². The van der Waals surface area contributed by atoms with Gasteiger partial charge >= 0.3 is 0 Å². The van der Waals surface area contributed by atoms with Crippen molar-refractivity contribution in [3.63, 3.8) is 0 Å². The van der Waals surface area contributed by atoms with Crippen LogP contribution in [0, 0.1) is 5.92 Å². The molecule has 0 aliphatic heterocycles. The number of pyridine rings is 1. The van der Waals surface area contributed by atoms with Crippen LogP contribution in [-0.2, 0) is 0 Å². The Morgan fingerprint density at radius 2 is 2.06 bits per heavy atom. The standard InChI is InChI=1S/C14H23N3O/c1-10(2)5-4-6-11(3)17-14(18)12-7-8-13(15)16-9-12/h7-11H,4-6H2,1-3H3,(H2,15,16)(H,17,18). The summed E-state index contributed by atoms with van der Waals surface area (Å²) in [4.78, 5) is 15.8. The van der Waals surface area contributed by atoms with Crippen molar-refractivity contribution in [3.8, 4) is 0 Å². The second-order valence-corrected chi connectivity index (χ2v) is 5.17. The van der Waals surface area contributed by atoms with Crippen molar-refractivity contribution in [1.29, 1.82) is 0 Å². The van der Waals surface area contributed by atoms with Crippen LogP contribution < -0.4 is 11.1 Å². The Balaban J connectivity index is 2.37. The first kappa shape index (κ1) is 14.5. The first-order valence-electron chi connectivity index (χ1n) is 6.51. The van der Waals surface area contributed by atoms with E-state index in [1.165, 1.54) is 12.6 Å². The largest absolute Gasteiger partial charge is 0.384 e. The number of hydrogen-bond donors (Lipinski definition) is 2. The lowest BCUT2D eigenvalue weighted by molar-refractivity contribution is 0.0937. The van der Waals surface area contributed by atoms with Crippen molar-refractivity contribution >= 4 is 11.7 Å². The first-order valence-corrected chi connectivity index (χ1v) is 6.51. The van der Waals surface area contributed by atoms with Crippen molar-refractivity contribution in [3.05, 3.63) is 23.9 Å². The minimum Gasteiger partial charge on any atom is -0.384 e.